The molecule has 0 aromatic rings. The Morgan fingerprint density at radius 2 is 0.970 bits per heavy atom. The summed E-state index contributed by atoms with van der Waals surface area (Å²) in [6, 6.07) is -1.85. The summed E-state index contributed by atoms with van der Waals surface area (Å²) in [6.45, 7) is 5.60. The summed E-state index contributed by atoms with van der Waals surface area (Å²) in [6.07, 6.45) is 42.1. The minimum absolute atomic E-state index is 0.00427. The number of nitrogens with zero attached hydrogens (tertiary/aromatic N) is 1. The molecule has 1 fully saturated rings. The first-order valence-electron chi connectivity index (χ1n) is 27.5. The Kier molecular flexibility index (Phi) is 40.8. The van der Waals surface area contributed by atoms with Crippen LogP contribution in [0.1, 0.15) is 258 Å². The van der Waals surface area contributed by atoms with Crippen LogP contribution in [0, 0.1) is 0 Å². The quantitative estimate of drug-likeness (QED) is 0.0259. The maximum absolute atomic E-state index is 13.5. The highest BCUT2D eigenvalue weighted by Gasteiger charge is 2.30. The minimum Gasteiger partial charge on any atom is -0.395 e. The fourth-order valence-electron chi connectivity index (χ4n) is 8.79. The summed E-state index contributed by atoms with van der Waals surface area (Å²) >= 11 is 0. The number of aliphatic hydroxyl groups excluding tert-OH is 1. The van der Waals surface area contributed by atoms with Gasteiger partial charge in [-0.1, -0.05) is 206 Å². The molecule has 0 spiro atoms. The van der Waals surface area contributed by atoms with Crippen molar-refractivity contribution >= 4 is 35.4 Å². The lowest BCUT2D eigenvalue weighted by Gasteiger charge is -2.23. The van der Waals surface area contributed by atoms with Gasteiger partial charge in [0.15, 0.2) is 0 Å². The third-order valence-electron chi connectivity index (χ3n) is 13.1. The van der Waals surface area contributed by atoms with Gasteiger partial charge in [-0.05, 0) is 25.7 Å². The van der Waals surface area contributed by atoms with Crippen LogP contribution in [0.15, 0.2) is 0 Å². The van der Waals surface area contributed by atoms with Gasteiger partial charge in [0, 0.05) is 45.3 Å². The Hall–Kier alpha value is -3.22. The molecule has 1 aliphatic rings. The first-order valence-corrected chi connectivity index (χ1v) is 27.5. The monoisotopic (exact) mass is 933 g/mol. The predicted molar refractivity (Wildman–Crippen MR) is 268 cm³/mol. The van der Waals surface area contributed by atoms with Gasteiger partial charge < -0.3 is 36.6 Å². The van der Waals surface area contributed by atoms with E-state index in [9.17, 15) is 28.8 Å². The van der Waals surface area contributed by atoms with E-state index in [1.807, 2.05) is 4.90 Å². The molecule has 1 rings (SSSR count). The van der Waals surface area contributed by atoms with E-state index < -0.39 is 23.9 Å². The zero-order valence-electron chi connectivity index (χ0n) is 42.4. The van der Waals surface area contributed by atoms with E-state index in [0.29, 0.717) is 19.5 Å². The van der Waals surface area contributed by atoms with Crippen molar-refractivity contribution in [2.45, 2.75) is 270 Å². The SMILES string of the molecule is CCCCCCCCCCCCCCCCCCN(CCCCCCCCCCCCCCCCCC)C(=O)CCC(=O)NCNC(=O)C(CCC(=O)NCCO)NC(=O)C1CCC(=O)N1. The summed E-state index contributed by atoms with van der Waals surface area (Å²) < 4.78 is 0. The van der Waals surface area contributed by atoms with Gasteiger partial charge in [0.05, 0.1) is 13.3 Å². The van der Waals surface area contributed by atoms with E-state index in [1.54, 1.807) is 0 Å². The Labute approximate surface area is 402 Å². The lowest BCUT2D eigenvalue weighted by atomic mass is 10.0. The number of rotatable bonds is 47. The van der Waals surface area contributed by atoms with Crippen LogP contribution in [-0.4, -0.2) is 90.4 Å². The molecule has 66 heavy (non-hydrogen) atoms. The maximum atomic E-state index is 13.5. The van der Waals surface area contributed by atoms with Crippen molar-refractivity contribution in [1.29, 1.82) is 0 Å². The van der Waals surface area contributed by atoms with E-state index in [1.165, 1.54) is 180 Å². The zero-order valence-corrected chi connectivity index (χ0v) is 42.4. The van der Waals surface area contributed by atoms with Crippen molar-refractivity contribution in [3.63, 3.8) is 0 Å². The van der Waals surface area contributed by atoms with Gasteiger partial charge >= 0.3 is 0 Å². The minimum atomic E-state index is -1.09. The topological polar surface area (TPSA) is 186 Å². The molecule has 0 radical (unpaired) electrons. The van der Waals surface area contributed by atoms with E-state index in [0.717, 1.165) is 25.7 Å². The fraction of sp³-hybridized carbons (Fsp3) is 0.887. The van der Waals surface area contributed by atoms with Crippen molar-refractivity contribution in [2.24, 2.45) is 0 Å². The molecule has 0 aromatic carbocycles. The van der Waals surface area contributed by atoms with Gasteiger partial charge in [0.2, 0.25) is 35.4 Å². The van der Waals surface area contributed by atoms with Crippen LogP contribution in [0.25, 0.3) is 0 Å². The van der Waals surface area contributed by atoms with Crippen molar-refractivity contribution in [3.05, 3.63) is 0 Å². The smallest absolute Gasteiger partial charge is 0.243 e. The summed E-state index contributed by atoms with van der Waals surface area (Å²) in [7, 11) is 0. The van der Waals surface area contributed by atoms with Gasteiger partial charge in [-0.15, -0.1) is 0 Å². The highest BCUT2D eigenvalue weighted by molar-refractivity contribution is 5.94. The van der Waals surface area contributed by atoms with Crippen LogP contribution in [0.2, 0.25) is 0 Å². The molecule has 1 saturated heterocycles. The fourth-order valence-corrected chi connectivity index (χ4v) is 8.79. The van der Waals surface area contributed by atoms with Gasteiger partial charge in [-0.2, -0.15) is 0 Å². The average molecular weight is 933 g/mol. The summed E-state index contributed by atoms with van der Waals surface area (Å²) in [4.78, 5) is 78.0. The van der Waals surface area contributed by atoms with E-state index in [-0.39, 0.29) is 75.6 Å². The third kappa shape index (κ3) is 35.9. The highest BCUT2D eigenvalue weighted by Crippen LogP contribution is 2.17. The number of hydrogen-bond donors (Lipinski definition) is 6. The maximum Gasteiger partial charge on any atom is 0.243 e. The second-order valence-electron chi connectivity index (χ2n) is 19.1. The summed E-state index contributed by atoms with van der Waals surface area (Å²) in [5.74, 6) is -2.14. The average Bonchev–Trinajstić information content (AvgIpc) is 3.76. The van der Waals surface area contributed by atoms with Crippen molar-refractivity contribution in [2.75, 3.05) is 32.9 Å². The molecule has 0 saturated carbocycles. The normalized spacial score (nSPS) is 13.9. The van der Waals surface area contributed by atoms with Crippen molar-refractivity contribution in [1.82, 2.24) is 31.5 Å². The third-order valence-corrected chi connectivity index (χ3v) is 13.1. The molecular weight excluding hydrogens is 833 g/mol. The van der Waals surface area contributed by atoms with E-state index in [2.05, 4.69) is 40.4 Å². The molecule has 6 N–H and O–H groups in total. The van der Waals surface area contributed by atoms with Crippen LogP contribution in [-0.2, 0) is 28.8 Å². The predicted octanol–water partition coefficient (Wildman–Crippen LogP) is 9.96. The summed E-state index contributed by atoms with van der Waals surface area (Å²) in [5.41, 5.74) is 0. The number of carbonyl (C=O) groups is 6. The first-order chi connectivity index (χ1) is 32.2. The Bertz CT molecular complexity index is 1220. The Morgan fingerprint density at radius 3 is 1.36 bits per heavy atom. The summed E-state index contributed by atoms with van der Waals surface area (Å²) in [5, 5.41) is 22.0. The molecule has 2 atom stereocenters. The van der Waals surface area contributed by atoms with Crippen LogP contribution < -0.4 is 26.6 Å². The molecule has 384 valence electrons. The molecule has 13 nitrogen and oxygen atoms in total. The number of nitrogens with one attached hydrogen (secondary N) is 5. The molecule has 2 unspecified atom stereocenters. The van der Waals surface area contributed by atoms with Gasteiger partial charge in [0.1, 0.15) is 12.1 Å². The van der Waals surface area contributed by atoms with Crippen LogP contribution in [0.3, 0.4) is 0 Å². The Balaban J connectivity index is 2.48. The number of amides is 6. The number of aliphatic hydroxyl groups is 1. The molecule has 13 heteroatoms. The lowest BCUT2D eigenvalue weighted by molar-refractivity contribution is -0.134. The van der Waals surface area contributed by atoms with Crippen LogP contribution in [0.4, 0.5) is 0 Å². The molecule has 1 heterocycles. The van der Waals surface area contributed by atoms with Crippen molar-refractivity contribution in [3.8, 4) is 0 Å². The number of unbranched alkanes of at least 4 members (excludes halogenated alkanes) is 30. The number of carbonyl (C=O) groups excluding carboxylic acids is 6. The molecule has 6 amide bonds. The zero-order chi connectivity index (χ0) is 48.1. The second-order valence-corrected chi connectivity index (χ2v) is 19.1. The van der Waals surface area contributed by atoms with Gasteiger partial charge in [-0.3, -0.25) is 28.8 Å². The largest absolute Gasteiger partial charge is 0.395 e. The molecule has 1 aliphatic heterocycles. The highest BCUT2D eigenvalue weighted by atomic mass is 16.3. The van der Waals surface area contributed by atoms with Gasteiger partial charge in [0.25, 0.3) is 0 Å². The lowest BCUT2D eigenvalue weighted by Crippen LogP contribution is -2.53. The first kappa shape index (κ1) is 60.8. The molecule has 0 bridgehead atoms. The standard InChI is InChI=1S/C53H100N6O7/c1-3-5-7-9-11-13-15-17-19-21-23-25-27-29-31-33-42-59(43-34-32-30-28-26-24-22-20-18-16-14-12-10-8-6-4-2)51(64)40-39-49(62)55-45-56-52(65)46(35-37-48(61)54-41-44-60)58-53(66)47-36-38-50(63)57-47/h46-47,60H,3-45H2,1-2H3,(H,54,61)(H,55,62)(H,56,65)(H,57,63)(H,58,66). The van der Waals surface area contributed by atoms with E-state index in [4.69, 9.17) is 5.11 Å². The van der Waals surface area contributed by atoms with Crippen LogP contribution >= 0.6 is 0 Å². The molecular formula is C53H100N6O7. The van der Waals surface area contributed by atoms with Crippen molar-refractivity contribution < 1.29 is 33.9 Å². The van der Waals surface area contributed by atoms with Crippen LogP contribution in [0.5, 0.6) is 0 Å². The van der Waals surface area contributed by atoms with Gasteiger partial charge in [-0.25, -0.2) is 0 Å². The van der Waals surface area contributed by atoms with E-state index >= 15 is 0 Å². The molecule has 0 aromatic heterocycles. The molecule has 0 aliphatic carbocycles. The number of hydrogen-bond acceptors (Lipinski definition) is 7. The Morgan fingerprint density at radius 1 is 0.561 bits per heavy atom. The second kappa shape index (κ2) is 44.3.